The van der Waals surface area contributed by atoms with E-state index in [9.17, 15) is 9.59 Å². The Morgan fingerprint density at radius 2 is 1.85 bits per heavy atom. The van der Waals surface area contributed by atoms with Gasteiger partial charge in [-0.1, -0.05) is 25.1 Å². The summed E-state index contributed by atoms with van der Waals surface area (Å²) in [4.78, 5) is 29.1. The highest BCUT2D eigenvalue weighted by Crippen LogP contribution is 2.20. The van der Waals surface area contributed by atoms with E-state index in [-0.39, 0.29) is 18.0 Å². The second-order valence-electron chi connectivity index (χ2n) is 6.77. The fraction of sp³-hybridized carbons (Fsp3) is 0.500. The molecule has 1 aromatic rings. The number of piperazine rings is 1. The lowest BCUT2D eigenvalue weighted by Gasteiger charge is -2.37. The van der Waals surface area contributed by atoms with Gasteiger partial charge in [-0.3, -0.25) is 4.90 Å². The number of rotatable bonds is 6. The maximum Gasteiger partial charge on any atom is 0.337 e. The normalized spacial score (nSPS) is 20.9. The van der Waals surface area contributed by atoms with Gasteiger partial charge in [0.2, 0.25) is 0 Å². The van der Waals surface area contributed by atoms with Crippen LogP contribution in [0.3, 0.4) is 0 Å². The van der Waals surface area contributed by atoms with E-state index in [2.05, 4.69) is 32.6 Å². The predicted octanol–water partition coefficient (Wildman–Crippen LogP) is 1.72. The lowest BCUT2D eigenvalue weighted by atomic mass is 10.00. The van der Waals surface area contributed by atoms with Gasteiger partial charge in [0.05, 0.1) is 18.2 Å². The monoisotopic (exact) mass is 372 g/mol. The molecule has 0 spiro atoms. The largest absolute Gasteiger partial charge is 0.463 e. The highest BCUT2D eigenvalue weighted by molar-refractivity contribution is 5.94. The van der Waals surface area contributed by atoms with Crippen molar-refractivity contribution in [3.05, 3.63) is 41.6 Å². The zero-order valence-corrected chi connectivity index (χ0v) is 16.0. The van der Waals surface area contributed by atoms with Crippen LogP contribution in [-0.4, -0.2) is 62.3 Å². The Labute approximate surface area is 160 Å². The minimum atomic E-state index is -0.352. The summed E-state index contributed by atoms with van der Waals surface area (Å²) in [6.07, 6.45) is 0.646. The standard InChI is InChI=1S/C20H28N4O3/c1-3-16-18(19(25)27-4-2)17(22-20(26)21-16)14-23-10-12-24(13-11-23)15-8-6-5-7-9-15/h5-9,16H,3-4,10-14H2,1-2H3,(H2,21,22,26)/t16-/m0/s1. The minimum Gasteiger partial charge on any atom is -0.463 e. The Kier molecular flexibility index (Phi) is 6.34. The number of benzene rings is 1. The van der Waals surface area contributed by atoms with Crippen LogP contribution < -0.4 is 15.5 Å². The van der Waals surface area contributed by atoms with Crippen LogP contribution in [0.1, 0.15) is 20.3 Å². The van der Waals surface area contributed by atoms with Crippen molar-refractivity contribution < 1.29 is 14.3 Å². The summed E-state index contributed by atoms with van der Waals surface area (Å²) in [5, 5.41) is 5.65. The van der Waals surface area contributed by atoms with Gasteiger partial charge in [0.15, 0.2) is 0 Å². The van der Waals surface area contributed by atoms with Gasteiger partial charge in [-0.05, 0) is 25.5 Å². The number of amides is 2. The molecule has 0 radical (unpaired) electrons. The van der Waals surface area contributed by atoms with Gasteiger partial charge in [-0.2, -0.15) is 0 Å². The highest BCUT2D eigenvalue weighted by atomic mass is 16.5. The first-order chi connectivity index (χ1) is 13.1. The van der Waals surface area contributed by atoms with Crippen molar-refractivity contribution in [3.8, 4) is 0 Å². The van der Waals surface area contributed by atoms with Crippen molar-refractivity contribution in [1.29, 1.82) is 0 Å². The molecule has 0 saturated carbocycles. The number of nitrogens with zero attached hydrogens (tertiary/aromatic N) is 2. The molecule has 0 aliphatic carbocycles. The smallest absolute Gasteiger partial charge is 0.337 e. The van der Waals surface area contributed by atoms with Crippen LogP contribution in [0.4, 0.5) is 10.5 Å². The van der Waals surface area contributed by atoms with E-state index in [0.29, 0.717) is 30.8 Å². The molecule has 3 rings (SSSR count). The van der Waals surface area contributed by atoms with Crippen LogP contribution in [0.15, 0.2) is 41.6 Å². The van der Waals surface area contributed by atoms with E-state index in [1.807, 2.05) is 25.1 Å². The summed E-state index contributed by atoms with van der Waals surface area (Å²) in [5.74, 6) is -0.352. The van der Waals surface area contributed by atoms with E-state index < -0.39 is 0 Å². The lowest BCUT2D eigenvalue weighted by Crippen LogP contribution is -2.54. The number of para-hydroxylation sites is 1. The number of carbonyl (C=O) groups is 2. The molecule has 2 N–H and O–H groups in total. The molecular formula is C20H28N4O3. The molecule has 1 atom stereocenters. The number of esters is 1. The Bertz CT molecular complexity index is 696. The lowest BCUT2D eigenvalue weighted by molar-refractivity contribution is -0.139. The van der Waals surface area contributed by atoms with Crippen LogP contribution in [0.25, 0.3) is 0 Å². The van der Waals surface area contributed by atoms with E-state index in [4.69, 9.17) is 4.74 Å². The number of nitrogens with one attached hydrogen (secondary N) is 2. The van der Waals surface area contributed by atoms with Gasteiger partial charge in [0.1, 0.15) is 0 Å². The van der Waals surface area contributed by atoms with Crippen LogP contribution in [0.5, 0.6) is 0 Å². The summed E-state index contributed by atoms with van der Waals surface area (Å²) in [6, 6.07) is 9.80. The quantitative estimate of drug-likeness (QED) is 0.744. The number of hydrogen-bond acceptors (Lipinski definition) is 5. The molecule has 146 valence electrons. The molecule has 0 aromatic heterocycles. The van der Waals surface area contributed by atoms with Gasteiger partial charge >= 0.3 is 12.0 Å². The highest BCUT2D eigenvalue weighted by Gasteiger charge is 2.32. The molecule has 2 aliphatic rings. The van der Waals surface area contributed by atoms with E-state index in [0.717, 1.165) is 26.2 Å². The molecule has 27 heavy (non-hydrogen) atoms. The van der Waals surface area contributed by atoms with Crippen molar-refractivity contribution in [3.63, 3.8) is 0 Å². The topological polar surface area (TPSA) is 73.9 Å². The Balaban J connectivity index is 1.70. The van der Waals surface area contributed by atoms with Gasteiger partial charge in [-0.25, -0.2) is 9.59 Å². The van der Waals surface area contributed by atoms with Crippen molar-refractivity contribution in [1.82, 2.24) is 15.5 Å². The van der Waals surface area contributed by atoms with Gasteiger partial charge < -0.3 is 20.3 Å². The summed E-state index contributed by atoms with van der Waals surface area (Å²) in [5.41, 5.74) is 2.44. The van der Waals surface area contributed by atoms with Crippen LogP contribution in [0, 0.1) is 0 Å². The summed E-state index contributed by atoms with van der Waals surface area (Å²) in [6.45, 7) is 8.16. The van der Waals surface area contributed by atoms with Gasteiger partial charge in [-0.15, -0.1) is 0 Å². The Morgan fingerprint density at radius 3 is 2.48 bits per heavy atom. The number of hydrogen-bond donors (Lipinski definition) is 2. The van der Waals surface area contributed by atoms with Gasteiger partial charge in [0.25, 0.3) is 0 Å². The second kappa shape index (κ2) is 8.90. The maximum absolute atomic E-state index is 12.5. The second-order valence-corrected chi connectivity index (χ2v) is 6.77. The first kappa shape index (κ1) is 19.2. The third-order valence-corrected chi connectivity index (χ3v) is 5.02. The SMILES string of the molecule is CCOC(=O)C1=C(CN2CCN(c3ccccc3)CC2)NC(=O)N[C@H]1CC. The average molecular weight is 372 g/mol. The molecule has 7 nitrogen and oxygen atoms in total. The fourth-order valence-corrected chi connectivity index (χ4v) is 3.61. The number of urea groups is 1. The molecule has 1 fully saturated rings. The van der Waals surface area contributed by atoms with E-state index in [1.165, 1.54) is 5.69 Å². The first-order valence-electron chi connectivity index (χ1n) is 9.62. The molecule has 2 heterocycles. The molecule has 2 amide bonds. The third-order valence-electron chi connectivity index (χ3n) is 5.02. The summed E-state index contributed by atoms with van der Waals surface area (Å²) >= 11 is 0. The first-order valence-corrected chi connectivity index (χ1v) is 9.62. The van der Waals surface area contributed by atoms with Crippen LogP contribution in [0.2, 0.25) is 0 Å². The van der Waals surface area contributed by atoms with Crippen LogP contribution >= 0.6 is 0 Å². The predicted molar refractivity (Wildman–Crippen MR) is 105 cm³/mol. The van der Waals surface area contributed by atoms with Crippen molar-refractivity contribution in [2.24, 2.45) is 0 Å². The molecule has 1 aromatic carbocycles. The fourth-order valence-electron chi connectivity index (χ4n) is 3.61. The van der Waals surface area contributed by atoms with E-state index in [1.54, 1.807) is 6.92 Å². The van der Waals surface area contributed by atoms with Crippen molar-refractivity contribution in [2.45, 2.75) is 26.3 Å². The van der Waals surface area contributed by atoms with Crippen molar-refractivity contribution >= 4 is 17.7 Å². The van der Waals surface area contributed by atoms with Crippen LogP contribution in [-0.2, 0) is 9.53 Å². The van der Waals surface area contributed by atoms with Gasteiger partial charge in [0, 0.05) is 44.1 Å². The van der Waals surface area contributed by atoms with Crippen molar-refractivity contribution in [2.75, 3.05) is 44.2 Å². The summed E-state index contributed by atoms with van der Waals surface area (Å²) < 4.78 is 5.23. The Hall–Kier alpha value is -2.54. The molecule has 0 bridgehead atoms. The molecule has 1 saturated heterocycles. The number of ether oxygens (including phenoxy) is 1. The molecule has 7 heteroatoms. The molecular weight excluding hydrogens is 344 g/mol. The zero-order chi connectivity index (χ0) is 19.2. The number of anilines is 1. The molecule has 0 unspecified atom stereocenters. The number of carbonyl (C=O) groups excluding carboxylic acids is 2. The summed E-state index contributed by atoms with van der Waals surface area (Å²) in [7, 11) is 0. The molecule has 2 aliphatic heterocycles. The zero-order valence-electron chi connectivity index (χ0n) is 16.0. The van der Waals surface area contributed by atoms with E-state index >= 15 is 0 Å². The minimum absolute atomic E-state index is 0.257. The third kappa shape index (κ3) is 4.60. The Morgan fingerprint density at radius 1 is 1.15 bits per heavy atom. The maximum atomic E-state index is 12.5. The average Bonchev–Trinajstić information content (AvgIpc) is 2.69.